The number of pyridine rings is 1. The van der Waals surface area contributed by atoms with Gasteiger partial charge < -0.3 is 5.32 Å². The lowest BCUT2D eigenvalue weighted by Gasteiger charge is -2.07. The minimum atomic E-state index is 0.641. The van der Waals surface area contributed by atoms with E-state index in [1.54, 1.807) is 18.0 Å². The Morgan fingerprint density at radius 3 is 2.70 bits per heavy atom. The maximum absolute atomic E-state index is 6.34. The van der Waals surface area contributed by atoms with Crippen molar-refractivity contribution < 1.29 is 0 Å². The van der Waals surface area contributed by atoms with Crippen LogP contribution in [0.15, 0.2) is 46.5 Å². The Morgan fingerprint density at radius 2 is 2.05 bits per heavy atom. The first-order valence-electron chi connectivity index (χ1n) is 6.52. The van der Waals surface area contributed by atoms with Crippen LogP contribution in [0.5, 0.6) is 0 Å². The first-order chi connectivity index (χ1) is 9.70. The molecule has 0 spiro atoms. The minimum absolute atomic E-state index is 0.641. The lowest BCUT2D eigenvalue weighted by atomic mass is 10.2. The fourth-order valence-electron chi connectivity index (χ4n) is 1.82. The molecule has 1 N–H and O–H groups in total. The highest BCUT2D eigenvalue weighted by molar-refractivity contribution is 7.99. The van der Waals surface area contributed by atoms with E-state index in [2.05, 4.69) is 16.4 Å². The summed E-state index contributed by atoms with van der Waals surface area (Å²) in [4.78, 5) is 5.28. The first kappa shape index (κ1) is 14.2. The molecule has 1 saturated carbocycles. The van der Waals surface area contributed by atoms with Crippen LogP contribution in [0.4, 0.5) is 0 Å². The molecule has 5 heteroatoms. The molecule has 20 heavy (non-hydrogen) atoms. The number of aromatic nitrogens is 1. The molecular formula is C15H14Cl2N2S. The summed E-state index contributed by atoms with van der Waals surface area (Å²) in [5.74, 6) is 0. The normalized spacial score (nSPS) is 14.5. The zero-order chi connectivity index (χ0) is 13.9. The van der Waals surface area contributed by atoms with Gasteiger partial charge in [0.25, 0.3) is 0 Å². The summed E-state index contributed by atoms with van der Waals surface area (Å²) >= 11 is 13.7. The molecule has 0 amide bonds. The molecular weight excluding hydrogens is 311 g/mol. The van der Waals surface area contributed by atoms with Gasteiger partial charge in [-0.25, -0.2) is 4.98 Å². The zero-order valence-electron chi connectivity index (χ0n) is 10.8. The average molecular weight is 325 g/mol. The largest absolute Gasteiger partial charge is 0.310 e. The summed E-state index contributed by atoms with van der Waals surface area (Å²) in [6.07, 6.45) is 4.24. The Hall–Kier alpha value is -0.740. The molecule has 3 rings (SSSR count). The average Bonchev–Trinajstić information content (AvgIpc) is 3.26. The van der Waals surface area contributed by atoms with E-state index in [-0.39, 0.29) is 0 Å². The first-order valence-corrected chi connectivity index (χ1v) is 8.09. The molecule has 1 aliphatic rings. The van der Waals surface area contributed by atoms with Crippen molar-refractivity contribution in [2.45, 2.75) is 35.3 Å². The Bertz CT molecular complexity index is 597. The van der Waals surface area contributed by atoms with Crippen molar-refractivity contribution in [1.82, 2.24) is 10.3 Å². The van der Waals surface area contributed by atoms with Gasteiger partial charge in [-0.1, -0.05) is 41.0 Å². The maximum atomic E-state index is 6.34. The van der Waals surface area contributed by atoms with E-state index in [4.69, 9.17) is 23.2 Å². The standard InChI is InChI=1S/C15H14Cl2N2S/c16-11-2-6-15(19-9-11)20-14-5-1-10(7-13(14)17)8-18-12-3-4-12/h1-2,5-7,9,12,18H,3-4,8H2. The zero-order valence-corrected chi connectivity index (χ0v) is 13.1. The third kappa shape index (κ3) is 3.89. The van der Waals surface area contributed by atoms with Crippen LogP contribution < -0.4 is 5.32 Å². The highest BCUT2D eigenvalue weighted by Crippen LogP contribution is 2.33. The fraction of sp³-hybridized carbons (Fsp3) is 0.267. The van der Waals surface area contributed by atoms with E-state index in [0.29, 0.717) is 11.1 Å². The fourth-order valence-corrected chi connectivity index (χ4v) is 3.01. The van der Waals surface area contributed by atoms with Gasteiger partial charge in [-0.3, -0.25) is 0 Å². The number of nitrogens with one attached hydrogen (secondary N) is 1. The third-order valence-electron chi connectivity index (χ3n) is 3.08. The van der Waals surface area contributed by atoms with Crippen LogP contribution >= 0.6 is 35.0 Å². The molecule has 2 nitrogen and oxygen atoms in total. The van der Waals surface area contributed by atoms with Gasteiger partial charge in [0.2, 0.25) is 0 Å². The van der Waals surface area contributed by atoms with E-state index in [0.717, 1.165) is 21.5 Å². The molecule has 104 valence electrons. The van der Waals surface area contributed by atoms with Crippen LogP contribution in [-0.4, -0.2) is 11.0 Å². The van der Waals surface area contributed by atoms with E-state index in [1.807, 2.05) is 24.3 Å². The van der Waals surface area contributed by atoms with Crippen LogP contribution in [0.3, 0.4) is 0 Å². The van der Waals surface area contributed by atoms with E-state index < -0.39 is 0 Å². The summed E-state index contributed by atoms with van der Waals surface area (Å²) < 4.78 is 0. The lowest BCUT2D eigenvalue weighted by Crippen LogP contribution is -2.15. The smallest absolute Gasteiger partial charge is 0.101 e. The highest BCUT2D eigenvalue weighted by atomic mass is 35.5. The van der Waals surface area contributed by atoms with Gasteiger partial charge in [0, 0.05) is 23.7 Å². The summed E-state index contributed by atoms with van der Waals surface area (Å²) in [5.41, 5.74) is 1.22. The van der Waals surface area contributed by atoms with Gasteiger partial charge in [-0.05, 0) is 42.7 Å². The molecule has 2 aromatic rings. The number of hydrogen-bond donors (Lipinski definition) is 1. The van der Waals surface area contributed by atoms with Crippen molar-refractivity contribution in [3.05, 3.63) is 52.1 Å². The van der Waals surface area contributed by atoms with Crippen LogP contribution in [0, 0.1) is 0 Å². The predicted molar refractivity (Wildman–Crippen MR) is 84.7 cm³/mol. The Morgan fingerprint density at radius 1 is 1.20 bits per heavy atom. The van der Waals surface area contributed by atoms with Gasteiger partial charge in [-0.2, -0.15) is 0 Å². The van der Waals surface area contributed by atoms with Crippen molar-refractivity contribution >= 4 is 35.0 Å². The third-order valence-corrected chi connectivity index (χ3v) is 4.76. The van der Waals surface area contributed by atoms with Crippen molar-refractivity contribution in [3.63, 3.8) is 0 Å². The molecule has 1 aliphatic carbocycles. The monoisotopic (exact) mass is 324 g/mol. The highest BCUT2D eigenvalue weighted by Gasteiger charge is 2.20. The second-order valence-electron chi connectivity index (χ2n) is 4.84. The van der Waals surface area contributed by atoms with Crippen LogP contribution in [0.2, 0.25) is 10.0 Å². The number of rotatable bonds is 5. The van der Waals surface area contributed by atoms with Crippen molar-refractivity contribution in [3.8, 4) is 0 Å². The van der Waals surface area contributed by atoms with Gasteiger partial charge in [0.05, 0.1) is 10.0 Å². The van der Waals surface area contributed by atoms with Gasteiger partial charge in [-0.15, -0.1) is 0 Å². The Labute approximate surface area is 132 Å². The number of hydrogen-bond acceptors (Lipinski definition) is 3. The van der Waals surface area contributed by atoms with Crippen molar-refractivity contribution in [2.24, 2.45) is 0 Å². The number of nitrogens with zero attached hydrogens (tertiary/aromatic N) is 1. The molecule has 1 aromatic carbocycles. The number of halogens is 2. The Kier molecular flexibility index (Phi) is 4.51. The summed E-state index contributed by atoms with van der Waals surface area (Å²) in [6, 6.07) is 10.6. The summed E-state index contributed by atoms with van der Waals surface area (Å²) in [5, 5.41) is 5.78. The molecule has 0 radical (unpaired) electrons. The van der Waals surface area contributed by atoms with Gasteiger partial charge >= 0.3 is 0 Å². The second kappa shape index (κ2) is 6.35. The van der Waals surface area contributed by atoms with Gasteiger partial charge in [0.15, 0.2) is 0 Å². The van der Waals surface area contributed by atoms with E-state index in [1.165, 1.54) is 18.4 Å². The minimum Gasteiger partial charge on any atom is -0.310 e. The molecule has 1 aromatic heterocycles. The van der Waals surface area contributed by atoms with Crippen LogP contribution in [0.25, 0.3) is 0 Å². The molecule has 0 saturated heterocycles. The quantitative estimate of drug-likeness (QED) is 0.855. The molecule has 0 atom stereocenters. The number of benzene rings is 1. The van der Waals surface area contributed by atoms with Crippen LogP contribution in [0.1, 0.15) is 18.4 Å². The van der Waals surface area contributed by atoms with Crippen LogP contribution in [-0.2, 0) is 6.54 Å². The predicted octanol–water partition coefficient (Wildman–Crippen LogP) is 4.79. The maximum Gasteiger partial charge on any atom is 0.101 e. The molecule has 0 unspecified atom stereocenters. The van der Waals surface area contributed by atoms with Crippen molar-refractivity contribution in [1.29, 1.82) is 0 Å². The topological polar surface area (TPSA) is 24.9 Å². The van der Waals surface area contributed by atoms with Crippen molar-refractivity contribution in [2.75, 3.05) is 0 Å². The Balaban J connectivity index is 1.68. The summed E-state index contributed by atoms with van der Waals surface area (Å²) in [6.45, 7) is 0.883. The summed E-state index contributed by atoms with van der Waals surface area (Å²) in [7, 11) is 0. The van der Waals surface area contributed by atoms with E-state index in [9.17, 15) is 0 Å². The SMILES string of the molecule is Clc1ccc(Sc2ccc(CNC3CC3)cc2Cl)nc1. The van der Waals surface area contributed by atoms with E-state index >= 15 is 0 Å². The molecule has 1 heterocycles. The second-order valence-corrected chi connectivity index (χ2v) is 6.74. The molecule has 0 aliphatic heterocycles. The lowest BCUT2D eigenvalue weighted by molar-refractivity contribution is 0.687. The van der Waals surface area contributed by atoms with Gasteiger partial charge in [0.1, 0.15) is 5.03 Å². The molecule has 1 fully saturated rings. The molecule has 0 bridgehead atoms.